The second-order valence-electron chi connectivity index (χ2n) is 2.83. The van der Waals surface area contributed by atoms with E-state index in [0.29, 0.717) is 0 Å². The van der Waals surface area contributed by atoms with Crippen molar-refractivity contribution < 1.29 is 10.0 Å². The van der Waals surface area contributed by atoms with Gasteiger partial charge in [0.2, 0.25) is 10.6 Å². The molecule has 0 aromatic carbocycles. The summed E-state index contributed by atoms with van der Waals surface area (Å²) in [6.45, 7) is 0. The third-order valence-electron chi connectivity index (χ3n) is 1.53. The van der Waals surface area contributed by atoms with Crippen LogP contribution in [-0.4, -0.2) is 37.1 Å². The Bertz CT molecular complexity index is 464. The summed E-state index contributed by atoms with van der Waals surface area (Å²) in [7, 11) is -1.53. The van der Waals surface area contributed by atoms with Crippen molar-refractivity contribution in [2.75, 3.05) is 0 Å². The summed E-state index contributed by atoms with van der Waals surface area (Å²) in [5.41, 5.74) is 0.226. The molecule has 2 aromatic rings. The first kappa shape index (κ1) is 15.3. The Morgan fingerprint density at radius 1 is 0.889 bits per heavy atom. The van der Waals surface area contributed by atoms with Gasteiger partial charge in [-0.05, 0) is 39.1 Å². The summed E-state index contributed by atoms with van der Waals surface area (Å²) in [6, 6.07) is 0. The molecule has 2 heterocycles. The van der Waals surface area contributed by atoms with Gasteiger partial charge in [0.05, 0.1) is 4.47 Å². The highest BCUT2D eigenvalue weighted by Gasteiger charge is 2.10. The number of halogens is 3. The van der Waals surface area contributed by atoms with E-state index in [1.807, 2.05) is 0 Å². The zero-order chi connectivity index (χ0) is 13.5. The van der Waals surface area contributed by atoms with Crippen LogP contribution < -0.4 is 5.46 Å². The normalized spacial score (nSPS) is 9.39. The van der Waals surface area contributed by atoms with Crippen LogP contribution in [0.15, 0.2) is 29.3 Å². The van der Waals surface area contributed by atoms with Crippen LogP contribution in [0.25, 0.3) is 0 Å². The summed E-state index contributed by atoms with van der Waals surface area (Å²) < 4.78 is 0.835. The first-order valence-electron chi connectivity index (χ1n) is 4.45. The van der Waals surface area contributed by atoms with Gasteiger partial charge in [-0.1, -0.05) is 0 Å². The Balaban J connectivity index is 0.000000184. The van der Waals surface area contributed by atoms with Gasteiger partial charge in [-0.2, -0.15) is 0 Å². The zero-order valence-electron chi connectivity index (χ0n) is 8.70. The Hall–Kier alpha value is -0.795. The molecule has 94 valence electrons. The van der Waals surface area contributed by atoms with Crippen molar-refractivity contribution >= 4 is 51.7 Å². The lowest BCUT2D eigenvalue weighted by atomic mass is 9.83. The Morgan fingerprint density at radius 3 is 1.61 bits per heavy atom. The standard InChI is InChI=1S/C4H4BClN2O2.C4H2BrClN2/c6-4-7-1-3(2-8-4)5(9)10;5-3-1-7-4(6)8-2-3/h1-2,9-10H;1-2H. The molecule has 0 saturated carbocycles. The fourth-order valence-corrected chi connectivity index (χ4v) is 1.15. The van der Waals surface area contributed by atoms with Crippen LogP contribution in [0.1, 0.15) is 0 Å². The highest BCUT2D eigenvalue weighted by Crippen LogP contribution is 2.06. The van der Waals surface area contributed by atoms with Crippen LogP contribution in [0.5, 0.6) is 0 Å². The molecule has 6 nitrogen and oxygen atoms in total. The topological polar surface area (TPSA) is 92.0 Å². The highest BCUT2D eigenvalue weighted by molar-refractivity contribution is 9.10. The fourth-order valence-electron chi connectivity index (χ4n) is 0.752. The number of rotatable bonds is 1. The average molecular weight is 352 g/mol. The van der Waals surface area contributed by atoms with Crippen LogP contribution in [0.3, 0.4) is 0 Å². The lowest BCUT2D eigenvalue weighted by molar-refractivity contribution is 0.425. The molecule has 2 aromatic heterocycles. The lowest BCUT2D eigenvalue weighted by Gasteiger charge is -1.94. The Kier molecular flexibility index (Phi) is 6.44. The molecule has 10 heteroatoms. The Morgan fingerprint density at radius 2 is 1.28 bits per heavy atom. The van der Waals surface area contributed by atoms with Crippen molar-refractivity contribution in [1.29, 1.82) is 0 Å². The van der Waals surface area contributed by atoms with Crippen molar-refractivity contribution in [2.45, 2.75) is 0 Å². The first-order chi connectivity index (χ1) is 8.49. The van der Waals surface area contributed by atoms with Crippen LogP contribution in [0.2, 0.25) is 10.6 Å². The maximum atomic E-state index is 8.55. The minimum atomic E-state index is -1.53. The van der Waals surface area contributed by atoms with E-state index in [-0.39, 0.29) is 16.0 Å². The maximum Gasteiger partial charge on any atom is 0.491 e. The molecule has 0 aliphatic heterocycles. The molecule has 0 amide bonds. The molecule has 0 atom stereocenters. The monoisotopic (exact) mass is 350 g/mol. The van der Waals surface area contributed by atoms with Gasteiger partial charge in [0.15, 0.2) is 0 Å². The van der Waals surface area contributed by atoms with Crippen molar-refractivity contribution in [1.82, 2.24) is 19.9 Å². The van der Waals surface area contributed by atoms with Crippen LogP contribution in [0, 0.1) is 0 Å². The number of hydrogen-bond donors (Lipinski definition) is 2. The van der Waals surface area contributed by atoms with Gasteiger partial charge >= 0.3 is 7.12 Å². The third kappa shape index (κ3) is 5.70. The summed E-state index contributed by atoms with van der Waals surface area (Å²) in [4.78, 5) is 14.4. The molecule has 2 N–H and O–H groups in total. The maximum absolute atomic E-state index is 8.55. The SMILES string of the molecule is Clc1ncc(Br)cn1.OB(O)c1cnc(Cl)nc1. The zero-order valence-corrected chi connectivity index (χ0v) is 11.8. The summed E-state index contributed by atoms with van der Waals surface area (Å²) in [5.74, 6) is 0. The molecule has 0 unspecified atom stereocenters. The van der Waals surface area contributed by atoms with E-state index in [1.165, 1.54) is 12.4 Å². The van der Waals surface area contributed by atoms with E-state index >= 15 is 0 Å². The fraction of sp³-hybridized carbons (Fsp3) is 0. The number of nitrogens with zero attached hydrogens (tertiary/aromatic N) is 4. The van der Waals surface area contributed by atoms with E-state index < -0.39 is 7.12 Å². The molecule has 0 spiro atoms. The molecule has 0 saturated heterocycles. The van der Waals surface area contributed by atoms with Gasteiger partial charge in [-0.3, -0.25) is 0 Å². The quantitative estimate of drug-likeness (QED) is 0.580. The molecule has 0 aliphatic carbocycles. The van der Waals surface area contributed by atoms with Crippen LogP contribution in [-0.2, 0) is 0 Å². The average Bonchev–Trinajstić information content (AvgIpc) is 2.34. The summed E-state index contributed by atoms with van der Waals surface area (Å²) >= 11 is 13.9. The molecule has 0 bridgehead atoms. The van der Waals surface area contributed by atoms with Gasteiger partial charge in [0, 0.05) is 30.3 Å². The molecule has 0 aliphatic rings. The van der Waals surface area contributed by atoms with Gasteiger partial charge < -0.3 is 10.0 Å². The van der Waals surface area contributed by atoms with E-state index in [4.69, 9.17) is 33.2 Å². The molecular formula is C8H6BBrCl2N4O2. The van der Waals surface area contributed by atoms with E-state index in [0.717, 1.165) is 4.47 Å². The molecular weight excluding hydrogens is 346 g/mol. The van der Waals surface area contributed by atoms with Crippen LogP contribution in [0.4, 0.5) is 0 Å². The molecule has 18 heavy (non-hydrogen) atoms. The minimum Gasteiger partial charge on any atom is -0.423 e. The molecule has 0 fully saturated rings. The number of hydrogen-bond acceptors (Lipinski definition) is 6. The van der Waals surface area contributed by atoms with Crippen LogP contribution >= 0.6 is 39.1 Å². The predicted molar refractivity (Wildman–Crippen MR) is 71.6 cm³/mol. The van der Waals surface area contributed by atoms with Crippen molar-refractivity contribution in [3.8, 4) is 0 Å². The smallest absolute Gasteiger partial charge is 0.423 e. The van der Waals surface area contributed by atoms with Crippen molar-refractivity contribution in [3.05, 3.63) is 39.8 Å². The van der Waals surface area contributed by atoms with Gasteiger partial charge in [-0.25, -0.2) is 19.9 Å². The predicted octanol–water partition coefficient (Wildman–Crippen LogP) is 0.702. The van der Waals surface area contributed by atoms with E-state index in [9.17, 15) is 0 Å². The van der Waals surface area contributed by atoms with Gasteiger partial charge in [-0.15, -0.1) is 0 Å². The largest absolute Gasteiger partial charge is 0.491 e. The second-order valence-corrected chi connectivity index (χ2v) is 4.42. The third-order valence-corrected chi connectivity index (χ3v) is 2.33. The van der Waals surface area contributed by atoms with Gasteiger partial charge in [0.1, 0.15) is 0 Å². The van der Waals surface area contributed by atoms with Gasteiger partial charge in [0.25, 0.3) is 0 Å². The minimum absolute atomic E-state index is 0.0874. The second kappa shape index (κ2) is 7.60. The summed E-state index contributed by atoms with van der Waals surface area (Å²) in [5, 5.41) is 17.5. The van der Waals surface area contributed by atoms with E-state index in [2.05, 4.69) is 35.9 Å². The lowest BCUT2D eigenvalue weighted by Crippen LogP contribution is -2.30. The highest BCUT2D eigenvalue weighted by atomic mass is 79.9. The summed E-state index contributed by atoms with van der Waals surface area (Å²) in [6.07, 6.45) is 5.69. The van der Waals surface area contributed by atoms with E-state index in [1.54, 1.807) is 12.4 Å². The first-order valence-corrected chi connectivity index (χ1v) is 6.00. The van der Waals surface area contributed by atoms with Crippen molar-refractivity contribution in [2.24, 2.45) is 0 Å². The number of aromatic nitrogens is 4. The molecule has 0 radical (unpaired) electrons. The Labute approximate surface area is 121 Å². The van der Waals surface area contributed by atoms with Crippen molar-refractivity contribution in [3.63, 3.8) is 0 Å². The molecule has 2 rings (SSSR count).